The Bertz CT molecular complexity index is 533. The summed E-state index contributed by atoms with van der Waals surface area (Å²) in [6.07, 6.45) is -5.56. The van der Waals surface area contributed by atoms with Gasteiger partial charge >= 0.3 is 0 Å². The molecule has 6 atom stereocenters. The first-order valence-electron chi connectivity index (χ1n) is 8.86. The van der Waals surface area contributed by atoms with Crippen LogP contribution in [-0.2, 0) is 28.4 Å². The van der Waals surface area contributed by atoms with Gasteiger partial charge in [-0.3, -0.25) is 4.74 Å². The van der Waals surface area contributed by atoms with Gasteiger partial charge in [-0.1, -0.05) is 30.3 Å². The lowest BCUT2D eigenvalue weighted by Crippen LogP contribution is -2.62. The molecule has 2 heterocycles. The first kappa shape index (κ1) is 19.7. The molecule has 8 heteroatoms. The Morgan fingerprint density at radius 1 is 1.04 bits per heavy atom. The monoisotopic (exact) mass is 370 g/mol. The summed E-state index contributed by atoms with van der Waals surface area (Å²) in [4.78, 5) is 0. The topological polar surface area (TPSA) is 95.8 Å². The van der Waals surface area contributed by atoms with Gasteiger partial charge in [0.2, 0.25) is 0 Å². The van der Waals surface area contributed by atoms with Crippen molar-refractivity contribution in [3.8, 4) is 0 Å². The van der Waals surface area contributed by atoms with Gasteiger partial charge in [-0.2, -0.15) is 0 Å². The van der Waals surface area contributed by atoms with Gasteiger partial charge in [0.15, 0.2) is 12.6 Å². The van der Waals surface area contributed by atoms with E-state index < -0.39 is 43.5 Å². The molecule has 8 nitrogen and oxygen atoms in total. The molecule has 26 heavy (non-hydrogen) atoms. The minimum atomic E-state index is -1.31. The largest absolute Gasteiger partial charge is 0.387 e. The third kappa shape index (κ3) is 4.41. The predicted molar refractivity (Wildman–Crippen MR) is 88.8 cm³/mol. The fraction of sp³-hybridized carbons (Fsp3) is 0.667. The SMILES string of the molecule is CCOC(OCC)O[C@H]1O[C@@H]2COC(c3ccccc3)O[C@H]2[C@H](O)[C@H]1O. The van der Waals surface area contributed by atoms with E-state index in [1.165, 1.54) is 0 Å². The van der Waals surface area contributed by atoms with Gasteiger partial charge in [-0.05, 0) is 13.8 Å². The first-order valence-corrected chi connectivity index (χ1v) is 8.86. The second-order valence-electron chi connectivity index (χ2n) is 6.04. The van der Waals surface area contributed by atoms with E-state index in [1.807, 2.05) is 30.3 Å². The van der Waals surface area contributed by atoms with E-state index in [1.54, 1.807) is 13.8 Å². The molecule has 0 saturated carbocycles. The summed E-state index contributed by atoms with van der Waals surface area (Å²) in [5.41, 5.74) is 0.832. The number of fused-ring (bicyclic) bond motifs is 1. The van der Waals surface area contributed by atoms with Crippen molar-refractivity contribution in [3.63, 3.8) is 0 Å². The molecule has 0 radical (unpaired) electrons. The molecule has 2 fully saturated rings. The maximum absolute atomic E-state index is 10.5. The van der Waals surface area contributed by atoms with Gasteiger partial charge in [-0.25, -0.2) is 0 Å². The number of hydrogen-bond acceptors (Lipinski definition) is 8. The molecule has 0 aliphatic carbocycles. The van der Waals surface area contributed by atoms with Crippen LogP contribution < -0.4 is 0 Å². The minimum absolute atomic E-state index is 0.196. The number of ether oxygens (including phenoxy) is 6. The number of aliphatic hydroxyl groups is 2. The molecule has 146 valence electrons. The van der Waals surface area contributed by atoms with Crippen molar-refractivity contribution in [1.82, 2.24) is 0 Å². The van der Waals surface area contributed by atoms with E-state index in [0.29, 0.717) is 13.2 Å². The van der Waals surface area contributed by atoms with E-state index in [2.05, 4.69) is 0 Å². The highest BCUT2D eigenvalue weighted by atomic mass is 16.9. The van der Waals surface area contributed by atoms with E-state index >= 15 is 0 Å². The predicted octanol–water partition coefficient (Wildman–Crippen LogP) is 0.920. The van der Waals surface area contributed by atoms with Crippen LogP contribution in [-0.4, -0.2) is 67.2 Å². The number of aliphatic hydroxyl groups excluding tert-OH is 2. The van der Waals surface area contributed by atoms with Crippen molar-refractivity contribution in [1.29, 1.82) is 0 Å². The Morgan fingerprint density at radius 3 is 2.38 bits per heavy atom. The van der Waals surface area contributed by atoms with E-state index in [0.717, 1.165) is 5.56 Å². The molecule has 1 aromatic carbocycles. The highest BCUT2D eigenvalue weighted by molar-refractivity contribution is 5.16. The van der Waals surface area contributed by atoms with Crippen molar-refractivity contribution >= 4 is 0 Å². The Kier molecular flexibility index (Phi) is 6.96. The highest BCUT2D eigenvalue weighted by Crippen LogP contribution is 2.34. The summed E-state index contributed by atoms with van der Waals surface area (Å²) in [6, 6.07) is 9.40. The van der Waals surface area contributed by atoms with Crippen molar-refractivity contribution in [2.24, 2.45) is 0 Å². The van der Waals surface area contributed by atoms with E-state index in [4.69, 9.17) is 28.4 Å². The molecule has 0 spiro atoms. The lowest BCUT2D eigenvalue weighted by atomic mass is 9.98. The second kappa shape index (κ2) is 9.20. The highest BCUT2D eigenvalue weighted by Gasteiger charge is 2.50. The summed E-state index contributed by atoms with van der Waals surface area (Å²) in [5.74, 6) is 0. The zero-order valence-corrected chi connectivity index (χ0v) is 14.9. The van der Waals surface area contributed by atoms with Gasteiger partial charge < -0.3 is 33.9 Å². The molecule has 1 unspecified atom stereocenters. The molecule has 2 aliphatic heterocycles. The molecular weight excluding hydrogens is 344 g/mol. The summed E-state index contributed by atoms with van der Waals surface area (Å²) < 4.78 is 33.4. The molecule has 0 aromatic heterocycles. The number of benzene rings is 1. The summed E-state index contributed by atoms with van der Waals surface area (Å²) in [7, 11) is 0. The van der Waals surface area contributed by atoms with E-state index in [-0.39, 0.29) is 6.61 Å². The van der Waals surface area contributed by atoms with Gasteiger partial charge in [0.25, 0.3) is 6.48 Å². The van der Waals surface area contributed by atoms with Crippen LogP contribution >= 0.6 is 0 Å². The average molecular weight is 370 g/mol. The smallest absolute Gasteiger partial charge is 0.273 e. The van der Waals surface area contributed by atoms with Crippen LogP contribution in [0.4, 0.5) is 0 Å². The van der Waals surface area contributed by atoms with Gasteiger partial charge in [0.05, 0.1) is 6.61 Å². The lowest BCUT2D eigenvalue weighted by Gasteiger charge is -2.46. The number of hydrogen-bond donors (Lipinski definition) is 2. The Morgan fingerprint density at radius 2 is 1.73 bits per heavy atom. The molecule has 2 saturated heterocycles. The Balaban J connectivity index is 1.64. The molecule has 2 aliphatic rings. The van der Waals surface area contributed by atoms with Crippen LogP contribution in [0.15, 0.2) is 30.3 Å². The fourth-order valence-electron chi connectivity index (χ4n) is 2.98. The normalized spacial score (nSPS) is 34.7. The van der Waals surface area contributed by atoms with E-state index in [9.17, 15) is 10.2 Å². The van der Waals surface area contributed by atoms with Gasteiger partial charge in [0.1, 0.15) is 24.4 Å². The maximum atomic E-state index is 10.5. The molecule has 0 amide bonds. The van der Waals surface area contributed by atoms with Crippen molar-refractivity contribution < 1.29 is 38.6 Å². The zero-order valence-electron chi connectivity index (χ0n) is 14.9. The molecule has 2 N–H and O–H groups in total. The van der Waals surface area contributed by atoms with Crippen molar-refractivity contribution in [2.45, 2.75) is 57.3 Å². The van der Waals surface area contributed by atoms with Crippen LogP contribution in [0, 0.1) is 0 Å². The number of rotatable bonds is 7. The van der Waals surface area contributed by atoms with Crippen molar-refractivity contribution in [3.05, 3.63) is 35.9 Å². The molecule has 1 aromatic rings. The van der Waals surface area contributed by atoms with Crippen LogP contribution in [0.3, 0.4) is 0 Å². The summed E-state index contributed by atoms with van der Waals surface area (Å²) in [6.45, 7) is 3.54. The minimum Gasteiger partial charge on any atom is -0.387 e. The third-order valence-corrected chi connectivity index (χ3v) is 4.26. The fourth-order valence-corrected chi connectivity index (χ4v) is 2.98. The zero-order chi connectivity index (χ0) is 18.5. The third-order valence-electron chi connectivity index (χ3n) is 4.26. The van der Waals surface area contributed by atoms with Crippen LogP contribution in [0.1, 0.15) is 25.7 Å². The second-order valence-corrected chi connectivity index (χ2v) is 6.04. The Hall–Kier alpha value is -1.10. The average Bonchev–Trinajstić information content (AvgIpc) is 2.67. The lowest BCUT2D eigenvalue weighted by molar-refractivity contribution is -0.406. The first-order chi connectivity index (χ1) is 12.6. The molecular formula is C18H26O8. The maximum Gasteiger partial charge on any atom is 0.273 e. The quantitative estimate of drug-likeness (QED) is 0.684. The van der Waals surface area contributed by atoms with Crippen molar-refractivity contribution in [2.75, 3.05) is 19.8 Å². The van der Waals surface area contributed by atoms with Gasteiger partial charge in [0, 0.05) is 18.8 Å². The van der Waals surface area contributed by atoms with Crippen LogP contribution in [0.2, 0.25) is 0 Å². The van der Waals surface area contributed by atoms with Crippen LogP contribution in [0.5, 0.6) is 0 Å². The standard InChI is InChI=1S/C18H26O8/c1-3-21-18(22-4-2)26-17-14(20)13(19)15-12(24-17)10-23-16(25-15)11-8-6-5-7-9-11/h5-9,12-20H,3-4,10H2,1-2H3/t12-,13-,14-,15-,16?,17-/m1/s1. The molecule has 3 rings (SSSR count). The Labute approximate surface area is 152 Å². The van der Waals surface area contributed by atoms with Crippen LogP contribution in [0.25, 0.3) is 0 Å². The molecule has 0 bridgehead atoms. The summed E-state index contributed by atoms with van der Waals surface area (Å²) >= 11 is 0. The van der Waals surface area contributed by atoms with Gasteiger partial charge in [-0.15, -0.1) is 0 Å². The summed E-state index contributed by atoms with van der Waals surface area (Å²) in [5, 5.41) is 20.9.